The largest absolute Gasteiger partial charge is 0.451 e. The van der Waals surface area contributed by atoms with E-state index >= 15 is 0 Å². The maximum Gasteiger partial charge on any atom is 0.451 e. The summed E-state index contributed by atoms with van der Waals surface area (Å²) in [5.41, 5.74) is 37.5. The van der Waals surface area contributed by atoms with Crippen molar-refractivity contribution in [1.82, 2.24) is 77.3 Å². The summed E-state index contributed by atoms with van der Waals surface area (Å²) in [6.45, 7) is 3.44. The summed E-state index contributed by atoms with van der Waals surface area (Å²) in [6.07, 6.45) is 12.7. The molecule has 624 valence electrons. The van der Waals surface area contributed by atoms with Crippen LogP contribution in [0.3, 0.4) is 0 Å². The smallest absolute Gasteiger partial charge is 0.441 e. The van der Waals surface area contributed by atoms with Gasteiger partial charge in [0.1, 0.15) is 51.0 Å². The molecular weight excluding hydrogens is 1730 g/mol. The Balaban J connectivity index is 0.000000132. The van der Waals surface area contributed by atoms with Gasteiger partial charge in [0.15, 0.2) is 5.82 Å². The highest BCUT2D eigenvalue weighted by atomic mass is 35.5. The summed E-state index contributed by atoms with van der Waals surface area (Å²) in [6, 6.07) is 31.7. The lowest BCUT2D eigenvalue weighted by Gasteiger charge is -2.37. The Morgan fingerprint density at radius 2 is 0.926 bits per heavy atom. The molecule has 39 heteroatoms. The van der Waals surface area contributed by atoms with E-state index in [4.69, 9.17) is 125 Å². The fraction of sp³-hybridized carbons (Fsp3) is 0.220. The molecule has 0 radical (unpaired) electrons. The number of likely N-dealkylation sites (N-methyl/N-ethyl adjacent to an activating group) is 1. The zero-order valence-corrected chi connectivity index (χ0v) is 70.1. The van der Waals surface area contributed by atoms with Crippen LogP contribution in [0.1, 0.15) is 88.7 Å². The lowest BCUT2D eigenvalue weighted by molar-refractivity contribution is -0.147. The molecule has 121 heavy (non-hydrogen) atoms. The minimum absolute atomic E-state index is 0.0664. The average Bonchev–Trinajstić information content (AvgIpc) is 1.67. The Morgan fingerprint density at radius 3 is 1.31 bits per heavy atom. The van der Waals surface area contributed by atoms with Gasteiger partial charge in [0.2, 0.25) is 5.82 Å². The number of nitrogens with one attached hydrogen (secondary N) is 2. The molecule has 1 spiro atoms. The number of methoxy groups -OCH3 is 1. The van der Waals surface area contributed by atoms with Gasteiger partial charge in [-0.25, -0.2) is 24.7 Å². The second-order valence-corrected chi connectivity index (χ2v) is 31.5. The fourth-order valence-corrected chi connectivity index (χ4v) is 16.3. The Bertz CT molecular complexity index is 6330. The van der Waals surface area contributed by atoms with Crippen LogP contribution in [-0.4, -0.2) is 161 Å². The van der Waals surface area contributed by atoms with Gasteiger partial charge in [-0.1, -0.05) is 117 Å². The zero-order chi connectivity index (χ0) is 85.9. The molecule has 3 aliphatic heterocycles. The van der Waals surface area contributed by atoms with E-state index in [1.54, 1.807) is 145 Å². The number of likely N-dealkylation sites (tertiary alicyclic amines) is 1. The number of nitrogens with two attached hydrogens (primary N) is 4. The molecule has 10 N–H and O–H groups in total. The van der Waals surface area contributed by atoms with E-state index in [0.29, 0.717) is 162 Å². The Kier molecular flexibility index (Phi) is 26.2. The third-order valence-electron chi connectivity index (χ3n) is 20.6. The van der Waals surface area contributed by atoms with Crippen LogP contribution in [0.15, 0.2) is 171 Å². The molecule has 4 aromatic carbocycles. The average molecular weight is 1800 g/mol. The molecule has 10 aromatic heterocycles. The number of halogens is 11. The first kappa shape index (κ1) is 86.4. The highest BCUT2D eigenvalue weighted by molar-refractivity contribution is 6.38. The van der Waals surface area contributed by atoms with E-state index in [9.17, 15) is 37.1 Å². The number of aromatic nitrogens is 12. The van der Waals surface area contributed by atoms with Crippen LogP contribution in [0, 0.1) is 0 Å². The maximum atomic E-state index is 13.3. The van der Waals surface area contributed by atoms with Gasteiger partial charge in [0, 0.05) is 213 Å². The van der Waals surface area contributed by atoms with E-state index < -0.39 is 29.6 Å². The molecular formula is C82H72Cl8F3N21O7. The zero-order valence-electron chi connectivity index (χ0n) is 64.1. The molecule has 2 fully saturated rings. The van der Waals surface area contributed by atoms with Crippen LogP contribution in [0.4, 0.5) is 23.7 Å². The standard InChI is InChI=1S/C22H21Cl2N5O3.C21H16Cl2F3N7O.C20H15Cl2N5O.C19H20Cl2N4O2/c23-14-1-2-15(17(24)8-14)16-11-29-18(10-26-19(29)7-13(16)9-25)20(30)28-5-3-22(4-6-28)12-27-21(31)32-22;22-12-1-2-13(15(23)6-12)14-9-33-16(8-28-17(33)5-11(14)7-27)19(34)31-3-4-32-18(10-31)29-30-20(32)21(24,25)26;21-13-1-2-15(17(22)8-13)16-11-27-18(10-25-19(27)7-12(16)9-23)20(28)26-14-3-5-24-6-4-14;1-24(5-6-27-2)19(26)17-10-23-18-7-12(9-22)15(11-25(17)18)14-4-3-13(20)8-16(14)21/h1-2,7-8,10-11H,3-6,9,12,25H2,(H,27,31);1-2,5-6,8-9H,3-4,7,10,27H2;1-8,10-11H,9,23H2,(H,24,26,28);3-4,7-8,10-11H,5-6,9,22H2,1-2H3. The predicted octanol–water partition coefficient (Wildman–Crippen LogP) is 15.4. The number of hydrogen-bond donors (Lipinski definition) is 6. The molecule has 2 saturated heterocycles. The van der Waals surface area contributed by atoms with Crippen molar-refractivity contribution in [3.63, 3.8) is 0 Å². The van der Waals surface area contributed by atoms with E-state index in [-0.39, 0.29) is 55.4 Å². The molecule has 14 aromatic rings. The summed E-state index contributed by atoms with van der Waals surface area (Å²) in [5.74, 6) is -1.95. The molecule has 0 bridgehead atoms. The molecule has 0 unspecified atom stereocenters. The van der Waals surface area contributed by atoms with Gasteiger partial charge in [-0.3, -0.25) is 41.8 Å². The number of anilines is 1. The number of imidazole rings is 4. The molecule has 13 heterocycles. The van der Waals surface area contributed by atoms with Crippen molar-refractivity contribution >= 4 is 151 Å². The molecule has 28 nitrogen and oxygen atoms in total. The number of piperidine rings is 1. The number of carbonyl (C=O) groups excluding carboxylic acids is 5. The Morgan fingerprint density at radius 1 is 0.529 bits per heavy atom. The molecule has 0 atom stereocenters. The normalized spacial score (nSPS) is 13.6. The number of alkyl halides is 3. The number of rotatable bonds is 16. The van der Waals surface area contributed by atoms with Gasteiger partial charge in [0.05, 0.1) is 44.5 Å². The van der Waals surface area contributed by atoms with Crippen molar-refractivity contribution in [3.8, 4) is 44.5 Å². The van der Waals surface area contributed by atoms with E-state index in [2.05, 4.69) is 45.8 Å². The van der Waals surface area contributed by atoms with Crippen molar-refractivity contribution in [2.24, 2.45) is 22.9 Å². The van der Waals surface area contributed by atoms with Crippen molar-refractivity contribution in [1.29, 1.82) is 0 Å². The summed E-state index contributed by atoms with van der Waals surface area (Å²) in [4.78, 5) is 89.8. The molecule has 3 aliphatic rings. The van der Waals surface area contributed by atoms with Crippen LogP contribution in [0.5, 0.6) is 0 Å². The van der Waals surface area contributed by atoms with Crippen molar-refractivity contribution in [2.75, 3.05) is 58.8 Å². The molecule has 17 rings (SSSR count). The highest BCUT2D eigenvalue weighted by Gasteiger charge is 2.45. The van der Waals surface area contributed by atoms with Gasteiger partial charge in [-0.05, 0) is 107 Å². The van der Waals surface area contributed by atoms with Gasteiger partial charge < -0.3 is 62.3 Å². The first-order chi connectivity index (χ1) is 58.1. The van der Waals surface area contributed by atoms with E-state index in [1.807, 2.05) is 55.0 Å². The number of alkyl carbamates (subject to hydrolysis) is 1. The maximum absolute atomic E-state index is 13.3. The van der Waals surface area contributed by atoms with Crippen LogP contribution in [0.25, 0.3) is 67.1 Å². The third-order valence-corrected chi connectivity index (χ3v) is 22.8. The first-order valence-corrected chi connectivity index (χ1v) is 40.2. The quantitative estimate of drug-likeness (QED) is 0.0523. The summed E-state index contributed by atoms with van der Waals surface area (Å²) < 4.78 is 57.7. The molecule has 0 aliphatic carbocycles. The Hall–Kier alpha value is -11.0. The number of hydrogen-bond acceptors (Lipinski definition) is 18. The minimum atomic E-state index is -4.61. The number of benzene rings is 4. The van der Waals surface area contributed by atoms with Gasteiger partial charge in [0.25, 0.3) is 23.6 Å². The number of ether oxygens (including phenoxy) is 2. The number of carbonyl (C=O) groups is 5. The lowest BCUT2D eigenvalue weighted by Crippen LogP contribution is -2.48. The van der Waals surface area contributed by atoms with Gasteiger partial charge in [-0.2, -0.15) is 13.2 Å². The Labute approximate surface area is 727 Å². The van der Waals surface area contributed by atoms with Gasteiger partial charge in [-0.15, -0.1) is 10.2 Å². The number of fused-ring (bicyclic) bond motifs is 5. The van der Waals surface area contributed by atoms with Crippen molar-refractivity contribution < 1.29 is 46.6 Å². The predicted molar refractivity (Wildman–Crippen MR) is 457 cm³/mol. The van der Waals surface area contributed by atoms with Crippen LogP contribution >= 0.6 is 92.8 Å². The summed E-state index contributed by atoms with van der Waals surface area (Å²) >= 11 is 49.7. The third kappa shape index (κ3) is 18.5. The van der Waals surface area contributed by atoms with E-state index in [0.717, 1.165) is 60.2 Å². The number of pyridine rings is 5. The molecule has 0 saturated carbocycles. The second-order valence-electron chi connectivity index (χ2n) is 28.1. The van der Waals surface area contributed by atoms with Crippen molar-refractivity contribution in [2.45, 2.75) is 63.9 Å². The monoisotopic (exact) mass is 1800 g/mol. The van der Waals surface area contributed by atoms with Crippen LogP contribution in [0.2, 0.25) is 40.2 Å². The number of nitrogens with zero attached hydrogens (tertiary/aromatic N) is 15. The lowest BCUT2D eigenvalue weighted by atomic mass is 9.91. The number of amides is 5. The SMILES string of the molecule is COCCN(C)C(=O)c1cnc2cc(CN)c(-c3ccc(Cl)cc3Cl)cn12.NCc1cc2ncc(C(=O)N3CCC4(CC3)CNC(=O)O4)n2cc1-c1ccc(Cl)cc1Cl.NCc1cc2ncc(C(=O)N3CCn4c(nnc4C(F)(F)F)C3)n2cc1-c1ccc(Cl)cc1Cl.NCc1cc2ncc(C(=O)Nc3ccncc3)n2cc1-c1ccc(Cl)cc1Cl. The van der Waals surface area contributed by atoms with E-state index in [1.165, 1.54) is 17.3 Å². The van der Waals surface area contributed by atoms with Crippen LogP contribution in [-0.2, 0) is 54.9 Å². The second kappa shape index (κ2) is 36.7. The fourth-order valence-electron chi connectivity index (χ4n) is 14.3. The van der Waals surface area contributed by atoms with Gasteiger partial charge >= 0.3 is 12.3 Å². The minimum Gasteiger partial charge on any atom is -0.441 e. The summed E-state index contributed by atoms with van der Waals surface area (Å²) in [5, 5.41) is 16.5. The summed E-state index contributed by atoms with van der Waals surface area (Å²) in [7, 11) is 3.33. The highest BCUT2D eigenvalue weighted by Crippen LogP contribution is 2.40. The molecule has 5 amide bonds. The van der Waals surface area contributed by atoms with Crippen molar-refractivity contribution in [3.05, 3.63) is 268 Å². The van der Waals surface area contributed by atoms with Crippen LogP contribution < -0.4 is 33.6 Å². The first-order valence-electron chi connectivity index (χ1n) is 37.2. The topological polar surface area (TPSA) is 354 Å².